The Hall–Kier alpha value is -3.62. The normalized spacial score (nSPS) is 15.9. The molecule has 0 aliphatic carbocycles. The van der Waals surface area contributed by atoms with Crippen LogP contribution in [-0.2, 0) is 11.3 Å². The number of nitrogens with zero attached hydrogens (tertiary/aromatic N) is 5. The smallest absolute Gasteiger partial charge is 0.219 e. The van der Waals surface area contributed by atoms with Gasteiger partial charge < -0.3 is 14.4 Å². The van der Waals surface area contributed by atoms with Crippen molar-refractivity contribution in [2.45, 2.75) is 13.5 Å². The van der Waals surface area contributed by atoms with Crippen LogP contribution in [0.2, 0.25) is 0 Å². The topological polar surface area (TPSA) is 87.2 Å². The number of nitrogens with one attached hydrogen (secondary N) is 1. The number of carbonyl (C=O) groups is 1. The third-order valence-corrected chi connectivity index (χ3v) is 6.13. The van der Waals surface area contributed by atoms with Crippen LogP contribution in [-0.4, -0.2) is 69.0 Å². The van der Waals surface area contributed by atoms with E-state index in [1.165, 1.54) is 5.56 Å². The maximum absolute atomic E-state index is 10.9. The molecule has 8 nitrogen and oxygen atoms in total. The molecule has 34 heavy (non-hydrogen) atoms. The largest absolute Gasteiger partial charge is 0.439 e. The van der Waals surface area contributed by atoms with Crippen LogP contribution >= 0.6 is 0 Å². The summed E-state index contributed by atoms with van der Waals surface area (Å²) in [6.45, 7) is 7.71. The Balaban J connectivity index is 1.20. The second-order valence-electron chi connectivity index (χ2n) is 8.85. The van der Waals surface area contributed by atoms with E-state index < -0.39 is 0 Å². The molecule has 0 spiro atoms. The first-order valence-electron chi connectivity index (χ1n) is 11.6. The van der Waals surface area contributed by atoms with Crippen molar-refractivity contribution in [1.29, 1.82) is 0 Å². The van der Waals surface area contributed by atoms with Crippen LogP contribution in [0.5, 0.6) is 11.6 Å². The molecule has 0 saturated carbocycles. The monoisotopic (exact) mass is 456 g/mol. The molecule has 3 aromatic heterocycles. The second-order valence-corrected chi connectivity index (χ2v) is 8.85. The van der Waals surface area contributed by atoms with Gasteiger partial charge >= 0.3 is 0 Å². The molecule has 1 saturated heterocycles. The van der Waals surface area contributed by atoms with Crippen molar-refractivity contribution in [3.05, 3.63) is 66.6 Å². The molecular weight excluding hydrogens is 428 g/mol. The maximum atomic E-state index is 10.9. The number of benzene rings is 1. The summed E-state index contributed by atoms with van der Waals surface area (Å²) in [6, 6.07) is 13.8. The van der Waals surface area contributed by atoms with E-state index >= 15 is 0 Å². The number of pyridine rings is 2. The highest BCUT2D eigenvalue weighted by Crippen LogP contribution is 2.26. The molecule has 1 atom stereocenters. The van der Waals surface area contributed by atoms with Gasteiger partial charge in [0.1, 0.15) is 12.0 Å². The van der Waals surface area contributed by atoms with E-state index in [-0.39, 0.29) is 5.92 Å². The molecule has 8 heteroatoms. The van der Waals surface area contributed by atoms with Crippen LogP contribution in [0, 0.1) is 5.92 Å². The molecule has 5 rings (SSSR count). The van der Waals surface area contributed by atoms with Crippen LogP contribution in [0.3, 0.4) is 0 Å². The van der Waals surface area contributed by atoms with Gasteiger partial charge in [-0.2, -0.15) is 5.10 Å². The van der Waals surface area contributed by atoms with Crippen LogP contribution in [0.25, 0.3) is 22.2 Å². The highest BCUT2D eigenvalue weighted by Gasteiger charge is 2.18. The van der Waals surface area contributed by atoms with Crippen molar-refractivity contribution < 1.29 is 9.53 Å². The summed E-state index contributed by atoms with van der Waals surface area (Å²) in [5.74, 6) is 1.33. The van der Waals surface area contributed by atoms with Gasteiger partial charge in [-0.1, -0.05) is 6.92 Å². The van der Waals surface area contributed by atoms with Gasteiger partial charge in [0.2, 0.25) is 5.88 Å². The quantitative estimate of drug-likeness (QED) is 0.404. The third-order valence-electron chi connectivity index (χ3n) is 6.13. The number of hydrogen-bond donors (Lipinski definition) is 1. The molecule has 1 aliphatic rings. The number of hydrogen-bond acceptors (Lipinski definition) is 7. The van der Waals surface area contributed by atoms with E-state index in [1.807, 2.05) is 49.5 Å². The standard InChI is InChI=1S/C26H28N6O2/c1-19(18-33)16-31-8-10-32(11-9-31)17-20-12-21-2-4-23(13-25(21)27-14-20)34-26-5-3-22(15-28-26)24-6-7-29-30-24/h2-7,12-15,18-19H,8-11,16-17H2,1H3,(H,29,30). The summed E-state index contributed by atoms with van der Waals surface area (Å²) in [5.41, 5.74) is 3.96. The molecule has 1 aliphatic heterocycles. The number of aldehydes is 1. The molecule has 1 aromatic carbocycles. The van der Waals surface area contributed by atoms with Crippen LogP contribution in [0.4, 0.5) is 0 Å². The lowest BCUT2D eigenvalue weighted by atomic mass is 10.1. The molecule has 1 N–H and O–H groups in total. The zero-order valence-electron chi connectivity index (χ0n) is 19.2. The summed E-state index contributed by atoms with van der Waals surface area (Å²) in [5, 5.41) is 7.98. The fourth-order valence-corrected chi connectivity index (χ4v) is 4.27. The molecule has 174 valence electrons. The Morgan fingerprint density at radius 3 is 2.62 bits per heavy atom. The third kappa shape index (κ3) is 5.30. The number of piperazine rings is 1. The zero-order chi connectivity index (χ0) is 23.3. The Labute approximate surface area is 198 Å². The number of ether oxygens (including phenoxy) is 1. The Kier molecular flexibility index (Phi) is 6.60. The molecule has 0 amide bonds. The van der Waals surface area contributed by atoms with Gasteiger partial charge in [0.15, 0.2) is 0 Å². The van der Waals surface area contributed by atoms with Gasteiger partial charge in [-0.05, 0) is 35.9 Å². The van der Waals surface area contributed by atoms with E-state index in [9.17, 15) is 4.79 Å². The SMILES string of the molecule is CC(C=O)CN1CCN(Cc2cnc3cc(Oc4ccc(-c5ccn[nH]5)cn4)ccc3c2)CC1. The van der Waals surface area contributed by atoms with Gasteiger partial charge in [0.25, 0.3) is 0 Å². The van der Waals surface area contributed by atoms with Crippen LogP contribution in [0.15, 0.2) is 61.1 Å². The summed E-state index contributed by atoms with van der Waals surface area (Å²) in [7, 11) is 0. The fourth-order valence-electron chi connectivity index (χ4n) is 4.27. The first-order valence-corrected chi connectivity index (χ1v) is 11.6. The van der Waals surface area contributed by atoms with Gasteiger partial charge in [0, 0.05) is 86.9 Å². The Morgan fingerprint density at radius 1 is 1.03 bits per heavy atom. The van der Waals surface area contributed by atoms with Crippen molar-refractivity contribution in [3.63, 3.8) is 0 Å². The highest BCUT2D eigenvalue weighted by atomic mass is 16.5. The minimum absolute atomic E-state index is 0.0993. The van der Waals surface area contributed by atoms with Crippen molar-refractivity contribution >= 4 is 17.2 Å². The summed E-state index contributed by atoms with van der Waals surface area (Å²) >= 11 is 0. The number of fused-ring (bicyclic) bond motifs is 1. The van der Waals surface area contributed by atoms with E-state index in [4.69, 9.17) is 4.74 Å². The first-order chi connectivity index (χ1) is 16.7. The Morgan fingerprint density at radius 2 is 1.88 bits per heavy atom. The number of rotatable bonds is 8. The van der Waals surface area contributed by atoms with Crippen molar-refractivity contribution in [1.82, 2.24) is 30.0 Å². The van der Waals surface area contributed by atoms with Gasteiger partial charge in [0.05, 0.1) is 11.2 Å². The molecular formula is C26H28N6O2. The van der Waals surface area contributed by atoms with Crippen LogP contribution < -0.4 is 4.74 Å². The molecule has 4 heterocycles. The van der Waals surface area contributed by atoms with Gasteiger partial charge in [-0.25, -0.2) is 4.98 Å². The van der Waals surface area contributed by atoms with E-state index in [0.717, 1.165) is 67.7 Å². The molecule has 0 radical (unpaired) electrons. The van der Waals surface area contributed by atoms with Gasteiger partial charge in [-0.15, -0.1) is 0 Å². The van der Waals surface area contributed by atoms with Crippen molar-refractivity contribution in [3.8, 4) is 22.9 Å². The zero-order valence-corrected chi connectivity index (χ0v) is 19.2. The van der Waals surface area contributed by atoms with E-state index in [2.05, 4.69) is 36.0 Å². The molecule has 1 fully saturated rings. The molecule has 1 unspecified atom stereocenters. The maximum Gasteiger partial charge on any atom is 0.219 e. The lowest BCUT2D eigenvalue weighted by Gasteiger charge is -2.35. The number of aromatic nitrogens is 4. The minimum Gasteiger partial charge on any atom is -0.439 e. The summed E-state index contributed by atoms with van der Waals surface area (Å²) < 4.78 is 5.94. The second kappa shape index (κ2) is 10.1. The lowest BCUT2D eigenvalue weighted by Crippen LogP contribution is -2.47. The lowest BCUT2D eigenvalue weighted by molar-refractivity contribution is -0.111. The fraction of sp³-hybridized carbons (Fsp3) is 0.308. The minimum atomic E-state index is 0.0993. The predicted octanol–water partition coefficient (Wildman–Crippen LogP) is 3.76. The predicted molar refractivity (Wildman–Crippen MR) is 131 cm³/mol. The number of aromatic amines is 1. The molecule has 4 aromatic rings. The average Bonchev–Trinajstić information content (AvgIpc) is 3.41. The van der Waals surface area contributed by atoms with E-state index in [1.54, 1.807) is 12.4 Å². The van der Waals surface area contributed by atoms with E-state index in [0.29, 0.717) is 11.6 Å². The highest BCUT2D eigenvalue weighted by molar-refractivity contribution is 5.80. The first kappa shape index (κ1) is 22.2. The Bertz CT molecular complexity index is 1230. The van der Waals surface area contributed by atoms with Gasteiger partial charge in [-0.3, -0.25) is 15.0 Å². The average molecular weight is 457 g/mol. The summed E-state index contributed by atoms with van der Waals surface area (Å²) in [4.78, 5) is 24.8. The van der Waals surface area contributed by atoms with Crippen LogP contribution in [0.1, 0.15) is 12.5 Å². The summed E-state index contributed by atoms with van der Waals surface area (Å²) in [6.07, 6.45) is 6.46. The number of carbonyl (C=O) groups excluding carboxylic acids is 1. The molecule has 0 bridgehead atoms. The van der Waals surface area contributed by atoms with Crippen molar-refractivity contribution in [2.75, 3.05) is 32.7 Å². The van der Waals surface area contributed by atoms with Crippen molar-refractivity contribution in [2.24, 2.45) is 5.92 Å². The number of H-pyrrole nitrogens is 1.